The molecule has 0 fully saturated rings. The number of hydrogen-bond acceptors (Lipinski definition) is 3. The molecule has 2 aromatic heterocycles. The molecule has 3 nitrogen and oxygen atoms in total. The monoisotopic (exact) mass is 273 g/mol. The van der Waals surface area contributed by atoms with Crippen molar-refractivity contribution in [3.8, 4) is 11.3 Å². The van der Waals surface area contributed by atoms with Gasteiger partial charge in [-0.3, -0.25) is 0 Å². The van der Waals surface area contributed by atoms with E-state index < -0.39 is 0 Å². The molecule has 3 rings (SSSR count). The summed E-state index contributed by atoms with van der Waals surface area (Å²) in [4.78, 5) is 12.7. The van der Waals surface area contributed by atoms with E-state index in [9.17, 15) is 4.39 Å². The Morgan fingerprint density at radius 1 is 0.947 bits per heavy atom. The molecule has 94 valence electrons. The van der Waals surface area contributed by atoms with Gasteiger partial charge in [0.05, 0.1) is 16.9 Å². The third-order valence-corrected chi connectivity index (χ3v) is 3.00. The first-order valence-corrected chi connectivity index (χ1v) is 6.08. The van der Waals surface area contributed by atoms with E-state index in [2.05, 4.69) is 15.0 Å². The first-order valence-electron chi connectivity index (χ1n) is 5.70. The number of benzene rings is 1. The molecule has 0 N–H and O–H groups in total. The van der Waals surface area contributed by atoms with Gasteiger partial charge in [0.2, 0.25) is 5.28 Å². The average Bonchev–Trinajstić information content (AvgIpc) is 2.39. The summed E-state index contributed by atoms with van der Waals surface area (Å²) >= 11 is 5.81. The molecule has 19 heavy (non-hydrogen) atoms. The summed E-state index contributed by atoms with van der Waals surface area (Å²) in [5.74, 6) is -0.268. The fourth-order valence-corrected chi connectivity index (χ4v) is 2.12. The maximum Gasteiger partial charge on any atom is 0.223 e. The van der Waals surface area contributed by atoms with E-state index in [0.717, 1.165) is 17.0 Å². The lowest BCUT2D eigenvalue weighted by atomic mass is 10.1. The summed E-state index contributed by atoms with van der Waals surface area (Å²) in [7, 11) is 0. The highest BCUT2D eigenvalue weighted by atomic mass is 35.5. The van der Waals surface area contributed by atoms with Crippen LogP contribution in [0.5, 0.6) is 0 Å². The van der Waals surface area contributed by atoms with Crippen molar-refractivity contribution in [2.75, 3.05) is 0 Å². The fourth-order valence-electron chi connectivity index (χ4n) is 1.91. The molecule has 3 aromatic rings. The number of aromatic nitrogens is 3. The van der Waals surface area contributed by atoms with Gasteiger partial charge >= 0.3 is 0 Å². The summed E-state index contributed by atoms with van der Waals surface area (Å²) in [6.45, 7) is 1.83. The molecule has 0 spiro atoms. The van der Waals surface area contributed by atoms with Crippen molar-refractivity contribution < 1.29 is 4.39 Å². The largest absolute Gasteiger partial charge is 0.244 e. The fraction of sp³-hybridized carbons (Fsp3) is 0.0714. The second kappa shape index (κ2) is 4.55. The van der Waals surface area contributed by atoms with Crippen molar-refractivity contribution in [3.63, 3.8) is 0 Å². The third kappa shape index (κ3) is 2.27. The maximum absolute atomic E-state index is 12.9. The Hall–Kier alpha value is -2.07. The molecule has 1 aromatic carbocycles. The van der Waals surface area contributed by atoms with E-state index >= 15 is 0 Å². The van der Waals surface area contributed by atoms with Crippen molar-refractivity contribution in [2.45, 2.75) is 6.92 Å². The van der Waals surface area contributed by atoms with E-state index in [1.807, 2.05) is 19.1 Å². The Kier molecular flexibility index (Phi) is 2.87. The van der Waals surface area contributed by atoms with Gasteiger partial charge < -0.3 is 0 Å². The number of fused-ring (bicyclic) bond motifs is 1. The Bertz CT molecular complexity index is 756. The van der Waals surface area contributed by atoms with Gasteiger partial charge in [0.15, 0.2) is 0 Å². The second-order valence-electron chi connectivity index (χ2n) is 4.15. The predicted molar refractivity (Wildman–Crippen MR) is 72.5 cm³/mol. The predicted octanol–water partition coefficient (Wildman–Crippen LogP) is 3.79. The van der Waals surface area contributed by atoms with Gasteiger partial charge in [-0.1, -0.05) is 0 Å². The molecular weight excluding hydrogens is 265 g/mol. The average molecular weight is 274 g/mol. The molecule has 0 unspecified atom stereocenters. The van der Waals surface area contributed by atoms with Crippen molar-refractivity contribution >= 4 is 22.6 Å². The lowest BCUT2D eigenvalue weighted by Crippen LogP contribution is -1.94. The highest BCUT2D eigenvalue weighted by Crippen LogP contribution is 2.22. The molecule has 5 heteroatoms. The van der Waals surface area contributed by atoms with Gasteiger partial charge in [0, 0.05) is 5.56 Å². The van der Waals surface area contributed by atoms with Gasteiger partial charge in [-0.05, 0) is 54.9 Å². The summed E-state index contributed by atoms with van der Waals surface area (Å²) < 4.78 is 12.9. The summed E-state index contributed by atoms with van der Waals surface area (Å²) in [5.41, 5.74) is 3.72. The minimum absolute atomic E-state index is 0.210. The normalized spacial score (nSPS) is 10.9. The molecular formula is C14H9ClFN3. The zero-order valence-electron chi connectivity index (χ0n) is 10.1. The van der Waals surface area contributed by atoms with Gasteiger partial charge in [-0.2, -0.15) is 0 Å². The van der Waals surface area contributed by atoms with E-state index in [-0.39, 0.29) is 11.1 Å². The highest BCUT2D eigenvalue weighted by molar-refractivity contribution is 6.28. The van der Waals surface area contributed by atoms with E-state index in [0.29, 0.717) is 11.0 Å². The molecule has 0 saturated heterocycles. The van der Waals surface area contributed by atoms with Crippen molar-refractivity contribution in [1.82, 2.24) is 15.0 Å². The van der Waals surface area contributed by atoms with Crippen LogP contribution in [0.1, 0.15) is 5.69 Å². The third-order valence-electron chi connectivity index (χ3n) is 2.83. The Morgan fingerprint density at radius 3 is 2.42 bits per heavy atom. The molecule has 2 heterocycles. The smallest absolute Gasteiger partial charge is 0.223 e. The number of nitrogens with zero attached hydrogens (tertiary/aromatic N) is 3. The Balaban J connectivity index is 2.19. The van der Waals surface area contributed by atoms with Gasteiger partial charge in [-0.15, -0.1) is 0 Å². The lowest BCUT2D eigenvalue weighted by Gasteiger charge is -2.05. The molecule has 0 radical (unpaired) electrons. The summed E-state index contributed by atoms with van der Waals surface area (Å²) in [6, 6.07) is 9.87. The summed E-state index contributed by atoms with van der Waals surface area (Å²) in [6.07, 6.45) is 0. The zero-order chi connectivity index (χ0) is 13.4. The van der Waals surface area contributed by atoms with Crippen LogP contribution in [0, 0.1) is 12.7 Å². The molecule has 0 aliphatic carbocycles. The van der Waals surface area contributed by atoms with Crippen LogP contribution in [0.3, 0.4) is 0 Å². The van der Waals surface area contributed by atoms with E-state index in [1.165, 1.54) is 12.1 Å². The quantitative estimate of drug-likeness (QED) is 0.633. The number of halogens is 2. The number of aryl methyl sites for hydroxylation is 1. The maximum atomic E-state index is 12.9. The highest BCUT2D eigenvalue weighted by Gasteiger charge is 2.07. The van der Waals surface area contributed by atoms with Gasteiger partial charge in [0.1, 0.15) is 11.3 Å². The first kappa shape index (κ1) is 12.0. The topological polar surface area (TPSA) is 38.7 Å². The van der Waals surface area contributed by atoms with Crippen molar-refractivity contribution in [3.05, 3.63) is 53.2 Å². The number of rotatable bonds is 1. The summed E-state index contributed by atoms with van der Waals surface area (Å²) in [5, 5.41) is 0.210. The van der Waals surface area contributed by atoms with Crippen LogP contribution in [0.2, 0.25) is 5.28 Å². The van der Waals surface area contributed by atoms with Crippen LogP contribution < -0.4 is 0 Å². The molecule has 0 saturated carbocycles. The SMILES string of the molecule is Cc1nc(Cl)nc2ccc(-c3ccc(F)cc3)nc12. The lowest BCUT2D eigenvalue weighted by molar-refractivity contribution is 0.628. The molecule has 0 aliphatic rings. The number of pyridine rings is 1. The first-order chi connectivity index (χ1) is 9.13. The molecule has 0 aliphatic heterocycles. The van der Waals surface area contributed by atoms with Crippen LogP contribution in [0.15, 0.2) is 36.4 Å². The van der Waals surface area contributed by atoms with Crippen LogP contribution in [0.4, 0.5) is 4.39 Å². The van der Waals surface area contributed by atoms with Crippen LogP contribution in [0.25, 0.3) is 22.3 Å². The minimum Gasteiger partial charge on any atom is -0.244 e. The standard InChI is InChI=1S/C14H9ClFN3/c1-8-13-12(19-14(15)17-8)7-6-11(18-13)9-2-4-10(16)5-3-9/h2-7H,1H3. The van der Waals surface area contributed by atoms with Gasteiger partial charge in [-0.25, -0.2) is 19.3 Å². The van der Waals surface area contributed by atoms with E-state index in [1.54, 1.807) is 12.1 Å². The van der Waals surface area contributed by atoms with Crippen LogP contribution >= 0.6 is 11.6 Å². The van der Waals surface area contributed by atoms with Crippen molar-refractivity contribution in [1.29, 1.82) is 0 Å². The Morgan fingerprint density at radius 2 is 1.68 bits per heavy atom. The minimum atomic E-state index is -0.268. The van der Waals surface area contributed by atoms with Crippen molar-refractivity contribution in [2.24, 2.45) is 0 Å². The van der Waals surface area contributed by atoms with E-state index in [4.69, 9.17) is 11.6 Å². The molecule has 0 amide bonds. The zero-order valence-corrected chi connectivity index (χ0v) is 10.8. The second-order valence-corrected chi connectivity index (χ2v) is 4.49. The molecule has 0 atom stereocenters. The van der Waals surface area contributed by atoms with Crippen LogP contribution in [-0.2, 0) is 0 Å². The van der Waals surface area contributed by atoms with Crippen LogP contribution in [-0.4, -0.2) is 15.0 Å². The van der Waals surface area contributed by atoms with Gasteiger partial charge in [0.25, 0.3) is 0 Å². The molecule has 0 bridgehead atoms. The Labute approximate surface area is 114 Å². The number of hydrogen-bond donors (Lipinski definition) is 0.